The highest BCUT2D eigenvalue weighted by Crippen LogP contribution is 2.27. The lowest BCUT2D eigenvalue weighted by Crippen LogP contribution is -2.41. The smallest absolute Gasteiger partial charge is 0.306 e. The van der Waals surface area contributed by atoms with Crippen molar-refractivity contribution in [2.24, 2.45) is 5.92 Å². The first-order valence-corrected chi connectivity index (χ1v) is 5.56. The second kappa shape index (κ2) is 5.14. The van der Waals surface area contributed by atoms with Crippen LogP contribution in [-0.4, -0.2) is 34.5 Å². The molecule has 4 heteroatoms. The van der Waals surface area contributed by atoms with Crippen molar-refractivity contribution in [2.75, 3.05) is 6.54 Å². The molecule has 0 radical (unpaired) electrons. The predicted molar refractivity (Wildman–Crippen MR) is 56.4 cm³/mol. The molecule has 1 amide bonds. The summed E-state index contributed by atoms with van der Waals surface area (Å²) in [6.07, 6.45) is 3.04. The quantitative estimate of drug-likeness (QED) is 0.772. The van der Waals surface area contributed by atoms with Crippen LogP contribution in [0.5, 0.6) is 0 Å². The van der Waals surface area contributed by atoms with Gasteiger partial charge in [-0.25, -0.2) is 0 Å². The van der Waals surface area contributed by atoms with E-state index >= 15 is 0 Å². The van der Waals surface area contributed by atoms with Gasteiger partial charge in [0, 0.05) is 19.5 Å². The molecule has 4 nitrogen and oxygen atoms in total. The molecular weight excluding hydrogens is 194 g/mol. The minimum absolute atomic E-state index is 0.0938. The highest BCUT2D eigenvalue weighted by molar-refractivity contribution is 5.73. The number of carboxylic acid groups (broad SMARTS) is 1. The Labute approximate surface area is 90.3 Å². The van der Waals surface area contributed by atoms with Crippen molar-refractivity contribution in [3.05, 3.63) is 0 Å². The van der Waals surface area contributed by atoms with Crippen molar-refractivity contribution in [1.82, 2.24) is 4.90 Å². The highest BCUT2D eigenvalue weighted by atomic mass is 16.4. The van der Waals surface area contributed by atoms with E-state index in [0.29, 0.717) is 12.8 Å². The Morgan fingerprint density at radius 2 is 1.80 bits per heavy atom. The van der Waals surface area contributed by atoms with Crippen LogP contribution in [0.1, 0.15) is 39.5 Å². The lowest BCUT2D eigenvalue weighted by atomic mass is 9.85. The van der Waals surface area contributed by atoms with Gasteiger partial charge in [-0.05, 0) is 32.6 Å². The number of carbonyl (C=O) groups is 2. The Kier molecular flexibility index (Phi) is 4.12. The summed E-state index contributed by atoms with van der Waals surface area (Å²) in [6.45, 7) is 4.26. The minimum Gasteiger partial charge on any atom is -0.481 e. The fourth-order valence-electron chi connectivity index (χ4n) is 2.37. The van der Waals surface area contributed by atoms with E-state index in [4.69, 9.17) is 5.11 Å². The maximum Gasteiger partial charge on any atom is 0.306 e. The first-order chi connectivity index (χ1) is 7.06. The molecule has 1 saturated carbocycles. The van der Waals surface area contributed by atoms with Gasteiger partial charge in [0.15, 0.2) is 0 Å². The monoisotopic (exact) mass is 213 g/mol. The average Bonchev–Trinajstić information content (AvgIpc) is 2.19. The number of aliphatic carboxylic acids is 1. The lowest BCUT2D eigenvalue weighted by Gasteiger charge is -2.34. The van der Waals surface area contributed by atoms with Gasteiger partial charge in [0.1, 0.15) is 0 Å². The summed E-state index contributed by atoms with van der Waals surface area (Å²) in [5.74, 6) is -0.803. The molecule has 0 aromatic rings. The largest absolute Gasteiger partial charge is 0.481 e. The highest BCUT2D eigenvalue weighted by Gasteiger charge is 2.29. The van der Waals surface area contributed by atoms with Crippen molar-refractivity contribution >= 4 is 11.9 Å². The summed E-state index contributed by atoms with van der Waals surface area (Å²) in [5.41, 5.74) is 0. The zero-order valence-electron chi connectivity index (χ0n) is 9.40. The molecule has 1 aliphatic rings. The van der Waals surface area contributed by atoms with Gasteiger partial charge >= 0.3 is 5.97 Å². The molecule has 0 atom stereocenters. The molecule has 0 saturated heterocycles. The molecule has 0 bridgehead atoms. The minimum atomic E-state index is -0.695. The molecule has 0 heterocycles. The van der Waals surface area contributed by atoms with Gasteiger partial charge in [-0.15, -0.1) is 0 Å². The summed E-state index contributed by atoms with van der Waals surface area (Å²) < 4.78 is 0. The van der Waals surface area contributed by atoms with Crippen LogP contribution >= 0.6 is 0 Å². The average molecular weight is 213 g/mol. The van der Waals surface area contributed by atoms with Crippen LogP contribution < -0.4 is 0 Å². The molecule has 86 valence electrons. The molecule has 1 rings (SSSR count). The maximum absolute atomic E-state index is 11.3. The van der Waals surface area contributed by atoms with Gasteiger partial charge in [0.2, 0.25) is 5.91 Å². The van der Waals surface area contributed by atoms with E-state index in [1.54, 1.807) is 6.92 Å². The summed E-state index contributed by atoms with van der Waals surface area (Å²) in [5, 5.41) is 8.85. The van der Waals surface area contributed by atoms with Crippen molar-refractivity contribution in [1.29, 1.82) is 0 Å². The molecule has 15 heavy (non-hydrogen) atoms. The molecule has 0 aliphatic heterocycles. The van der Waals surface area contributed by atoms with Gasteiger partial charge in [-0.1, -0.05) is 0 Å². The number of carboxylic acids is 1. The van der Waals surface area contributed by atoms with Crippen molar-refractivity contribution in [2.45, 2.75) is 45.6 Å². The number of hydrogen-bond acceptors (Lipinski definition) is 2. The number of rotatable bonds is 3. The number of carbonyl (C=O) groups excluding carboxylic acids is 1. The second-order valence-electron chi connectivity index (χ2n) is 4.15. The van der Waals surface area contributed by atoms with Crippen molar-refractivity contribution < 1.29 is 14.7 Å². The Morgan fingerprint density at radius 3 is 2.13 bits per heavy atom. The SMILES string of the molecule is CCN(C(C)=O)C1CCC(C(=O)O)CC1. The fourth-order valence-corrected chi connectivity index (χ4v) is 2.37. The lowest BCUT2D eigenvalue weighted by molar-refractivity contribution is -0.143. The topological polar surface area (TPSA) is 57.6 Å². The Balaban J connectivity index is 2.49. The summed E-state index contributed by atoms with van der Waals surface area (Å²) in [6, 6.07) is 0.253. The third kappa shape index (κ3) is 2.94. The molecule has 0 spiro atoms. The maximum atomic E-state index is 11.3. The summed E-state index contributed by atoms with van der Waals surface area (Å²) >= 11 is 0. The van der Waals surface area contributed by atoms with Crippen LogP contribution in [-0.2, 0) is 9.59 Å². The zero-order chi connectivity index (χ0) is 11.4. The van der Waals surface area contributed by atoms with Gasteiger partial charge in [0.05, 0.1) is 5.92 Å². The Hall–Kier alpha value is -1.06. The van der Waals surface area contributed by atoms with E-state index in [1.165, 1.54) is 0 Å². The van der Waals surface area contributed by atoms with Crippen LogP contribution in [0.2, 0.25) is 0 Å². The van der Waals surface area contributed by atoms with Gasteiger partial charge in [-0.3, -0.25) is 9.59 Å². The Morgan fingerprint density at radius 1 is 1.27 bits per heavy atom. The van der Waals surface area contributed by atoms with Crippen LogP contribution in [0.15, 0.2) is 0 Å². The molecule has 1 N–H and O–H groups in total. The van der Waals surface area contributed by atoms with Crippen LogP contribution in [0.25, 0.3) is 0 Å². The molecular formula is C11H19NO3. The van der Waals surface area contributed by atoms with Crippen LogP contribution in [0, 0.1) is 5.92 Å². The van der Waals surface area contributed by atoms with E-state index in [9.17, 15) is 9.59 Å². The number of nitrogens with zero attached hydrogens (tertiary/aromatic N) is 1. The van der Waals surface area contributed by atoms with Gasteiger partial charge in [0.25, 0.3) is 0 Å². The van der Waals surface area contributed by atoms with Crippen LogP contribution in [0.4, 0.5) is 0 Å². The number of hydrogen-bond donors (Lipinski definition) is 1. The van der Waals surface area contributed by atoms with Crippen LogP contribution in [0.3, 0.4) is 0 Å². The summed E-state index contributed by atoms with van der Waals surface area (Å²) in [4.78, 5) is 23.9. The van der Waals surface area contributed by atoms with Crippen molar-refractivity contribution in [3.8, 4) is 0 Å². The fraction of sp³-hybridized carbons (Fsp3) is 0.818. The second-order valence-corrected chi connectivity index (χ2v) is 4.15. The van der Waals surface area contributed by atoms with E-state index in [0.717, 1.165) is 19.4 Å². The normalized spacial score (nSPS) is 26.0. The Bertz CT molecular complexity index is 244. The first kappa shape index (κ1) is 12.0. The van der Waals surface area contributed by atoms with Crippen molar-refractivity contribution in [3.63, 3.8) is 0 Å². The number of amides is 1. The molecule has 0 unspecified atom stereocenters. The molecule has 0 aromatic heterocycles. The van der Waals surface area contributed by atoms with Gasteiger partial charge < -0.3 is 10.0 Å². The third-order valence-corrected chi connectivity index (χ3v) is 3.23. The van der Waals surface area contributed by atoms with E-state index in [1.807, 2.05) is 11.8 Å². The standard InChI is InChI=1S/C11H19NO3/c1-3-12(8(2)13)10-6-4-9(5-7-10)11(14)15/h9-10H,3-7H2,1-2H3,(H,14,15). The van der Waals surface area contributed by atoms with E-state index < -0.39 is 5.97 Å². The molecule has 1 fully saturated rings. The zero-order valence-corrected chi connectivity index (χ0v) is 9.40. The predicted octanol–water partition coefficient (Wildman–Crippen LogP) is 1.50. The molecule has 0 aromatic carbocycles. The first-order valence-electron chi connectivity index (χ1n) is 5.56. The molecule has 1 aliphatic carbocycles. The third-order valence-electron chi connectivity index (χ3n) is 3.23. The van der Waals surface area contributed by atoms with E-state index in [-0.39, 0.29) is 17.9 Å². The summed E-state index contributed by atoms with van der Waals surface area (Å²) in [7, 11) is 0. The van der Waals surface area contributed by atoms with Gasteiger partial charge in [-0.2, -0.15) is 0 Å². The van der Waals surface area contributed by atoms with E-state index in [2.05, 4.69) is 0 Å².